The van der Waals surface area contributed by atoms with Crippen LogP contribution >= 0.6 is 34.8 Å². The van der Waals surface area contributed by atoms with Crippen molar-refractivity contribution in [2.24, 2.45) is 0 Å². The maximum Gasteiger partial charge on any atom is 0.239 e. The molecule has 5 rings (SSSR count). The van der Waals surface area contributed by atoms with E-state index in [1.807, 2.05) is 31.2 Å². The molecule has 0 saturated heterocycles. The van der Waals surface area contributed by atoms with Crippen LogP contribution in [-0.4, -0.2) is 18.3 Å². The minimum atomic E-state index is -1.14. The van der Waals surface area contributed by atoms with Crippen molar-refractivity contribution in [3.05, 3.63) is 98.5 Å². The van der Waals surface area contributed by atoms with Gasteiger partial charge in [-0.05, 0) is 60.5 Å². The average Bonchev–Trinajstić information content (AvgIpc) is 3.07. The molecule has 34 heavy (non-hydrogen) atoms. The number of ketones is 1. The number of ether oxygens (including phenoxy) is 1. The van der Waals surface area contributed by atoms with E-state index in [1.165, 1.54) is 0 Å². The van der Waals surface area contributed by atoms with Crippen LogP contribution in [0.2, 0.25) is 15.1 Å². The highest BCUT2D eigenvalue weighted by atomic mass is 35.5. The van der Waals surface area contributed by atoms with E-state index < -0.39 is 11.3 Å². The lowest BCUT2D eigenvalue weighted by atomic mass is 9.61. The Bertz CT molecular complexity index is 1370. The molecular weight excluding hydrogens is 493 g/mol. The topological polar surface area (TPSA) is 55.4 Å². The number of hydrogen-bond acceptors (Lipinski definition) is 3. The smallest absolute Gasteiger partial charge is 0.239 e. The molecule has 0 unspecified atom stereocenters. The van der Waals surface area contributed by atoms with Gasteiger partial charge in [-0.2, -0.15) is 0 Å². The zero-order chi connectivity index (χ0) is 24.0. The summed E-state index contributed by atoms with van der Waals surface area (Å²) >= 11 is 18.8. The molecule has 0 aromatic heterocycles. The molecule has 4 nitrogen and oxygen atoms in total. The molecule has 2 aliphatic rings. The Hall–Kier alpha value is -2.79. The lowest BCUT2D eigenvalue weighted by Gasteiger charge is -2.38. The zero-order valence-corrected chi connectivity index (χ0v) is 20.5. The molecule has 3 aromatic carbocycles. The first-order valence-electron chi connectivity index (χ1n) is 10.9. The van der Waals surface area contributed by atoms with Gasteiger partial charge in [0.25, 0.3) is 0 Å². The number of amides is 1. The largest absolute Gasteiger partial charge is 0.493 e. The number of rotatable bonds is 4. The van der Waals surface area contributed by atoms with Gasteiger partial charge in [0.05, 0.1) is 6.61 Å². The van der Waals surface area contributed by atoms with Gasteiger partial charge >= 0.3 is 0 Å². The van der Waals surface area contributed by atoms with E-state index in [4.69, 9.17) is 39.5 Å². The number of fused-ring (bicyclic) bond motifs is 2. The van der Waals surface area contributed by atoms with Crippen molar-refractivity contribution in [3.63, 3.8) is 0 Å². The zero-order valence-electron chi connectivity index (χ0n) is 18.2. The second-order valence-electron chi connectivity index (χ2n) is 8.38. The molecule has 0 fully saturated rings. The van der Waals surface area contributed by atoms with Crippen LogP contribution in [0.3, 0.4) is 0 Å². The van der Waals surface area contributed by atoms with E-state index in [2.05, 4.69) is 5.32 Å². The quantitative estimate of drug-likeness (QED) is 0.406. The van der Waals surface area contributed by atoms with Gasteiger partial charge in [-0.3, -0.25) is 9.59 Å². The molecule has 7 heteroatoms. The first-order valence-corrected chi connectivity index (χ1v) is 12.0. The van der Waals surface area contributed by atoms with Gasteiger partial charge < -0.3 is 10.1 Å². The Labute approximate surface area is 212 Å². The van der Waals surface area contributed by atoms with Crippen LogP contribution in [0, 0.1) is 0 Å². The molecule has 1 heterocycles. The summed E-state index contributed by atoms with van der Waals surface area (Å²) in [5, 5.41) is 4.51. The van der Waals surface area contributed by atoms with Crippen LogP contribution in [0.4, 0.5) is 5.69 Å². The molecule has 1 aliphatic carbocycles. The number of nitrogens with one attached hydrogen (secondary N) is 1. The standard InChI is InChI=1S/C27H20Cl3NO3/c1-2-34-25-9-7-17(29)11-19(25)20-14-27(21-8-6-18(30)12-23(21)31-26(27)33)22(13-24(20)32)15-4-3-5-16(28)10-15/h3-12,14,22H,2,13H2,1H3,(H,31,33)/t22-,27-/m0/s1. The second kappa shape index (κ2) is 8.77. The van der Waals surface area contributed by atoms with Crippen molar-refractivity contribution in [2.75, 3.05) is 11.9 Å². The molecule has 1 aliphatic heterocycles. The Morgan fingerprint density at radius 1 is 0.971 bits per heavy atom. The predicted molar refractivity (Wildman–Crippen MR) is 136 cm³/mol. The molecule has 1 spiro atoms. The summed E-state index contributed by atoms with van der Waals surface area (Å²) in [4.78, 5) is 27.3. The maximum absolute atomic E-state index is 13.7. The van der Waals surface area contributed by atoms with Crippen molar-refractivity contribution in [1.82, 2.24) is 0 Å². The van der Waals surface area contributed by atoms with Crippen molar-refractivity contribution in [3.8, 4) is 5.75 Å². The Morgan fingerprint density at radius 3 is 2.47 bits per heavy atom. The van der Waals surface area contributed by atoms with Crippen molar-refractivity contribution < 1.29 is 14.3 Å². The van der Waals surface area contributed by atoms with Gasteiger partial charge in [-0.1, -0.05) is 59.1 Å². The number of carbonyl (C=O) groups is 2. The highest BCUT2D eigenvalue weighted by Gasteiger charge is 2.54. The number of hydrogen-bond donors (Lipinski definition) is 1. The van der Waals surface area contributed by atoms with Crippen LogP contribution in [0.1, 0.15) is 36.0 Å². The number of Topliss-reactive ketones (excluding diaryl/α,β-unsaturated/α-hetero) is 1. The normalized spacial score (nSPS) is 21.3. The van der Waals surface area contributed by atoms with Gasteiger partial charge in [0.2, 0.25) is 5.91 Å². The molecule has 172 valence electrons. The summed E-state index contributed by atoms with van der Waals surface area (Å²) in [5.41, 5.74) is 2.04. The minimum absolute atomic E-state index is 0.103. The predicted octanol–water partition coefficient (Wildman–Crippen LogP) is 7.08. The van der Waals surface area contributed by atoms with Gasteiger partial charge in [0.15, 0.2) is 5.78 Å². The van der Waals surface area contributed by atoms with Crippen LogP contribution in [0.5, 0.6) is 5.75 Å². The van der Waals surface area contributed by atoms with Crippen molar-refractivity contribution in [1.29, 1.82) is 0 Å². The summed E-state index contributed by atoms with van der Waals surface area (Å²) in [7, 11) is 0. The molecule has 3 aromatic rings. The van der Waals surface area contributed by atoms with Gasteiger partial charge in [0.1, 0.15) is 11.2 Å². The third kappa shape index (κ3) is 3.70. The van der Waals surface area contributed by atoms with Crippen LogP contribution in [0.15, 0.2) is 66.7 Å². The lowest BCUT2D eigenvalue weighted by molar-refractivity contribution is -0.121. The summed E-state index contributed by atoms with van der Waals surface area (Å²) in [6, 6.07) is 17.8. The van der Waals surface area contributed by atoms with Crippen molar-refractivity contribution >= 4 is 57.8 Å². The lowest BCUT2D eigenvalue weighted by Crippen LogP contribution is -2.43. The molecule has 2 atom stereocenters. The number of carbonyl (C=O) groups excluding carboxylic acids is 2. The van der Waals surface area contributed by atoms with Crippen LogP contribution < -0.4 is 10.1 Å². The number of halogens is 3. The van der Waals surface area contributed by atoms with E-state index in [-0.39, 0.29) is 18.1 Å². The van der Waals surface area contributed by atoms with E-state index in [1.54, 1.807) is 42.5 Å². The first-order chi connectivity index (χ1) is 16.3. The fraction of sp³-hybridized carbons (Fsp3) is 0.185. The third-order valence-electron chi connectivity index (χ3n) is 6.45. The molecule has 0 bridgehead atoms. The molecule has 0 radical (unpaired) electrons. The summed E-state index contributed by atoms with van der Waals surface area (Å²) in [6.45, 7) is 2.30. The molecule has 0 saturated carbocycles. The van der Waals surface area contributed by atoms with E-state index in [0.717, 1.165) is 11.1 Å². The monoisotopic (exact) mass is 511 g/mol. The first kappa shape index (κ1) is 23.0. The van der Waals surface area contributed by atoms with Gasteiger partial charge in [0, 0.05) is 44.2 Å². The Kier molecular flexibility index (Phi) is 5.93. The molecular formula is C27H20Cl3NO3. The SMILES string of the molecule is CCOc1ccc(Cl)cc1C1=C[C@@]2(C(=O)Nc3cc(Cl)ccc32)[C@H](c2cccc(Cl)c2)CC1=O. The van der Waals surface area contributed by atoms with Crippen LogP contribution in [-0.2, 0) is 15.0 Å². The fourth-order valence-electron chi connectivity index (χ4n) is 5.01. The fourth-order valence-corrected chi connectivity index (χ4v) is 5.55. The number of benzene rings is 3. The summed E-state index contributed by atoms with van der Waals surface area (Å²) in [5.74, 6) is -0.244. The second-order valence-corrected chi connectivity index (χ2v) is 9.69. The average molecular weight is 513 g/mol. The Balaban J connectivity index is 1.80. The number of allylic oxidation sites excluding steroid dienone is 1. The van der Waals surface area contributed by atoms with Crippen molar-refractivity contribution in [2.45, 2.75) is 24.7 Å². The summed E-state index contributed by atoms with van der Waals surface area (Å²) < 4.78 is 5.80. The van der Waals surface area contributed by atoms with E-state index >= 15 is 0 Å². The highest BCUT2D eigenvalue weighted by molar-refractivity contribution is 6.32. The summed E-state index contributed by atoms with van der Waals surface area (Å²) in [6.07, 6.45) is 1.88. The Morgan fingerprint density at radius 2 is 1.71 bits per heavy atom. The minimum Gasteiger partial charge on any atom is -0.493 e. The third-order valence-corrected chi connectivity index (χ3v) is 7.15. The van der Waals surface area contributed by atoms with Crippen LogP contribution in [0.25, 0.3) is 5.57 Å². The maximum atomic E-state index is 13.7. The van der Waals surface area contributed by atoms with E-state index in [0.29, 0.717) is 44.2 Å². The highest BCUT2D eigenvalue weighted by Crippen LogP contribution is 2.55. The molecule has 1 amide bonds. The molecule has 1 N–H and O–H groups in total. The number of anilines is 1. The van der Waals surface area contributed by atoms with Gasteiger partial charge in [-0.25, -0.2) is 0 Å². The van der Waals surface area contributed by atoms with Gasteiger partial charge in [-0.15, -0.1) is 0 Å². The van der Waals surface area contributed by atoms with E-state index in [9.17, 15) is 9.59 Å².